The molecule has 4 nitrogen and oxygen atoms in total. The molecule has 102 valence electrons. The summed E-state index contributed by atoms with van der Waals surface area (Å²) in [6.07, 6.45) is 1.73. The Kier molecular flexibility index (Phi) is 3.90. The van der Waals surface area contributed by atoms with Gasteiger partial charge < -0.3 is 10.5 Å². The molecule has 0 spiro atoms. The van der Waals surface area contributed by atoms with Gasteiger partial charge in [-0.05, 0) is 26.3 Å². The summed E-state index contributed by atoms with van der Waals surface area (Å²) in [7, 11) is 1.65. The number of hydrogen-bond donors (Lipinski definition) is 1. The third-order valence-electron chi connectivity index (χ3n) is 3.20. The van der Waals surface area contributed by atoms with Crippen LogP contribution in [0.4, 0.5) is 0 Å². The molecular formula is C15H21N3O. The van der Waals surface area contributed by atoms with Gasteiger partial charge in [-0.15, -0.1) is 0 Å². The molecule has 1 atom stereocenters. The molecule has 0 aliphatic heterocycles. The highest BCUT2D eigenvalue weighted by atomic mass is 16.5. The summed E-state index contributed by atoms with van der Waals surface area (Å²) in [5, 5.41) is 4.37. The molecule has 0 saturated carbocycles. The number of methoxy groups -OCH3 is 1. The zero-order valence-corrected chi connectivity index (χ0v) is 11.9. The number of nitrogens with two attached hydrogens (primary N) is 1. The van der Waals surface area contributed by atoms with Gasteiger partial charge in [0.05, 0.1) is 19.3 Å². The number of nitrogens with zero attached hydrogens (tertiary/aromatic N) is 2. The van der Waals surface area contributed by atoms with Gasteiger partial charge in [0.25, 0.3) is 0 Å². The van der Waals surface area contributed by atoms with Gasteiger partial charge in [-0.2, -0.15) is 5.10 Å². The van der Waals surface area contributed by atoms with E-state index < -0.39 is 0 Å². The first kappa shape index (κ1) is 13.6. The van der Waals surface area contributed by atoms with Crippen molar-refractivity contribution in [3.05, 3.63) is 47.3 Å². The number of aryl methyl sites for hydroxylation is 1. The minimum absolute atomic E-state index is 0.236. The number of benzene rings is 1. The zero-order valence-electron chi connectivity index (χ0n) is 11.9. The van der Waals surface area contributed by atoms with Crippen LogP contribution in [0.15, 0.2) is 30.5 Å². The van der Waals surface area contributed by atoms with Gasteiger partial charge in [0.2, 0.25) is 0 Å². The topological polar surface area (TPSA) is 53.1 Å². The highest BCUT2D eigenvalue weighted by Crippen LogP contribution is 2.30. The molecule has 1 heterocycles. The lowest BCUT2D eigenvalue weighted by Crippen LogP contribution is -2.19. The quantitative estimate of drug-likeness (QED) is 0.918. The van der Waals surface area contributed by atoms with Crippen LogP contribution in [0, 0.1) is 6.92 Å². The normalized spacial score (nSPS) is 12.7. The van der Waals surface area contributed by atoms with E-state index >= 15 is 0 Å². The van der Waals surface area contributed by atoms with Crippen LogP contribution in [0.2, 0.25) is 0 Å². The van der Waals surface area contributed by atoms with Crippen LogP contribution < -0.4 is 10.5 Å². The minimum Gasteiger partial charge on any atom is -0.493 e. The Morgan fingerprint density at radius 3 is 2.63 bits per heavy atom. The molecule has 0 fully saturated rings. The van der Waals surface area contributed by atoms with Crippen LogP contribution in [-0.2, 0) is 0 Å². The van der Waals surface area contributed by atoms with E-state index in [-0.39, 0.29) is 12.1 Å². The molecule has 2 N–H and O–H groups in total. The van der Waals surface area contributed by atoms with Crippen molar-refractivity contribution >= 4 is 0 Å². The third-order valence-corrected chi connectivity index (χ3v) is 3.20. The second-order valence-corrected chi connectivity index (χ2v) is 5.03. The van der Waals surface area contributed by atoms with Crippen molar-refractivity contribution in [2.24, 2.45) is 5.73 Å². The van der Waals surface area contributed by atoms with E-state index in [0.717, 1.165) is 17.0 Å². The second kappa shape index (κ2) is 5.45. The molecule has 0 saturated heterocycles. The fourth-order valence-electron chi connectivity index (χ4n) is 2.24. The van der Waals surface area contributed by atoms with Crippen LogP contribution in [0.3, 0.4) is 0 Å². The largest absolute Gasteiger partial charge is 0.493 e. The molecule has 0 radical (unpaired) electrons. The van der Waals surface area contributed by atoms with Crippen molar-refractivity contribution in [2.75, 3.05) is 7.11 Å². The third kappa shape index (κ3) is 2.63. The molecule has 19 heavy (non-hydrogen) atoms. The summed E-state index contributed by atoms with van der Waals surface area (Å²) in [5.41, 5.74) is 9.59. The molecule has 2 rings (SSSR count). The smallest absolute Gasteiger partial charge is 0.161 e. The first-order valence-electron chi connectivity index (χ1n) is 6.48. The van der Waals surface area contributed by atoms with Crippen LogP contribution in [-0.4, -0.2) is 16.9 Å². The van der Waals surface area contributed by atoms with Crippen LogP contribution in [0.25, 0.3) is 0 Å². The molecule has 1 aromatic carbocycles. The van der Waals surface area contributed by atoms with Crippen molar-refractivity contribution in [3.63, 3.8) is 0 Å². The van der Waals surface area contributed by atoms with Gasteiger partial charge >= 0.3 is 0 Å². The molecule has 1 unspecified atom stereocenters. The summed E-state index contributed by atoms with van der Waals surface area (Å²) in [6, 6.07) is 8.23. The van der Waals surface area contributed by atoms with E-state index in [1.54, 1.807) is 13.3 Å². The van der Waals surface area contributed by atoms with E-state index in [1.165, 1.54) is 5.56 Å². The van der Waals surface area contributed by atoms with Gasteiger partial charge in [0.1, 0.15) is 5.69 Å². The van der Waals surface area contributed by atoms with Crippen LogP contribution in [0.5, 0.6) is 5.75 Å². The number of aromatic nitrogens is 2. The Hall–Kier alpha value is -1.81. The molecule has 0 bridgehead atoms. The molecule has 0 aliphatic rings. The summed E-state index contributed by atoms with van der Waals surface area (Å²) >= 11 is 0. The Morgan fingerprint density at radius 2 is 2.05 bits per heavy atom. The lowest BCUT2D eigenvalue weighted by Gasteiger charge is -2.18. The second-order valence-electron chi connectivity index (χ2n) is 5.03. The van der Waals surface area contributed by atoms with Gasteiger partial charge in [-0.1, -0.05) is 29.8 Å². The van der Waals surface area contributed by atoms with E-state index in [4.69, 9.17) is 10.5 Å². The molecule has 1 aromatic heterocycles. The number of ether oxygens (including phenoxy) is 1. The predicted octanol–water partition coefficient (Wildman–Crippen LogP) is 2.83. The van der Waals surface area contributed by atoms with Crippen molar-refractivity contribution < 1.29 is 4.74 Å². The van der Waals surface area contributed by atoms with Crippen molar-refractivity contribution in [1.82, 2.24) is 9.78 Å². The van der Waals surface area contributed by atoms with E-state index in [0.29, 0.717) is 0 Å². The first-order valence-corrected chi connectivity index (χ1v) is 6.48. The standard InChI is InChI=1S/C15H21N3O/c1-10(2)18-15(13(19-4)9-17-18)14(16)12-7-5-6-11(3)8-12/h5-10,14H,16H2,1-4H3. The van der Waals surface area contributed by atoms with E-state index in [9.17, 15) is 0 Å². The maximum Gasteiger partial charge on any atom is 0.161 e. The fraction of sp³-hybridized carbons (Fsp3) is 0.400. The predicted molar refractivity (Wildman–Crippen MR) is 76.4 cm³/mol. The zero-order chi connectivity index (χ0) is 14.0. The van der Waals surface area contributed by atoms with Gasteiger partial charge in [-0.25, -0.2) is 0 Å². The first-order chi connectivity index (χ1) is 9.04. The maximum absolute atomic E-state index is 6.40. The summed E-state index contributed by atoms with van der Waals surface area (Å²) in [4.78, 5) is 0. The van der Waals surface area contributed by atoms with Crippen LogP contribution in [0.1, 0.15) is 42.8 Å². The van der Waals surface area contributed by atoms with E-state index in [2.05, 4.69) is 38.0 Å². The fourth-order valence-corrected chi connectivity index (χ4v) is 2.24. The Bertz CT molecular complexity index is 560. The van der Waals surface area contributed by atoms with Gasteiger partial charge in [-0.3, -0.25) is 4.68 Å². The number of rotatable bonds is 4. The lowest BCUT2D eigenvalue weighted by atomic mass is 10.0. The molecule has 4 heteroatoms. The van der Waals surface area contributed by atoms with Crippen molar-refractivity contribution in [1.29, 1.82) is 0 Å². The van der Waals surface area contributed by atoms with Crippen LogP contribution >= 0.6 is 0 Å². The molecule has 0 aliphatic carbocycles. The lowest BCUT2D eigenvalue weighted by molar-refractivity contribution is 0.401. The summed E-state index contributed by atoms with van der Waals surface area (Å²) in [6.45, 7) is 6.23. The Morgan fingerprint density at radius 1 is 1.32 bits per heavy atom. The maximum atomic E-state index is 6.40. The van der Waals surface area contributed by atoms with Crippen molar-refractivity contribution in [3.8, 4) is 5.75 Å². The Labute approximate surface area is 114 Å². The van der Waals surface area contributed by atoms with Gasteiger partial charge in [0, 0.05) is 6.04 Å². The average Bonchev–Trinajstić information content (AvgIpc) is 2.81. The monoisotopic (exact) mass is 259 g/mol. The highest BCUT2D eigenvalue weighted by Gasteiger charge is 2.21. The molecular weight excluding hydrogens is 238 g/mol. The van der Waals surface area contributed by atoms with Crippen molar-refractivity contribution in [2.45, 2.75) is 32.9 Å². The summed E-state index contributed by atoms with van der Waals surface area (Å²) < 4.78 is 7.31. The molecule has 2 aromatic rings. The Balaban J connectivity index is 2.48. The average molecular weight is 259 g/mol. The number of hydrogen-bond acceptors (Lipinski definition) is 3. The minimum atomic E-state index is -0.236. The van der Waals surface area contributed by atoms with E-state index in [1.807, 2.05) is 16.8 Å². The van der Waals surface area contributed by atoms with Gasteiger partial charge in [0.15, 0.2) is 5.75 Å². The SMILES string of the molecule is COc1cnn(C(C)C)c1C(N)c1cccc(C)c1. The highest BCUT2D eigenvalue weighted by molar-refractivity contribution is 5.37. The summed E-state index contributed by atoms with van der Waals surface area (Å²) in [5.74, 6) is 0.739. The molecule has 0 amide bonds.